The van der Waals surface area contributed by atoms with E-state index in [2.05, 4.69) is 21.2 Å². The zero-order chi connectivity index (χ0) is 14.2. The molecule has 0 aliphatic rings. The third-order valence-electron chi connectivity index (χ3n) is 2.86. The Bertz CT molecular complexity index is 584. The zero-order valence-corrected chi connectivity index (χ0v) is 12.2. The van der Waals surface area contributed by atoms with Gasteiger partial charge < -0.3 is 5.32 Å². The lowest BCUT2D eigenvalue weighted by Gasteiger charge is -2.25. The fourth-order valence-corrected chi connectivity index (χ4v) is 3.59. The van der Waals surface area contributed by atoms with E-state index in [1.54, 1.807) is 18.2 Å². The number of thiophene rings is 1. The zero-order valence-electron chi connectivity index (χ0n) is 9.76. The molecule has 0 amide bonds. The summed E-state index contributed by atoms with van der Waals surface area (Å²) in [6.07, 6.45) is -3.72. The maximum absolute atomic E-state index is 13.6. The molecule has 1 aromatic carbocycles. The van der Waals surface area contributed by atoms with E-state index < -0.39 is 18.4 Å². The van der Waals surface area contributed by atoms with Gasteiger partial charge >= 0.3 is 12.3 Å². The highest BCUT2D eigenvalue weighted by molar-refractivity contribution is 9.10. The molecule has 1 nitrogen and oxygen atoms in total. The lowest BCUT2D eigenvalue weighted by Crippen LogP contribution is -2.41. The maximum Gasteiger partial charge on any atom is 0.326 e. The van der Waals surface area contributed by atoms with Crippen LogP contribution >= 0.6 is 27.3 Å². The minimum Gasteiger partial charge on any atom is -0.308 e. The van der Waals surface area contributed by atoms with Gasteiger partial charge in [-0.05, 0) is 45.4 Å². The molecule has 1 N–H and O–H groups in total. The van der Waals surface area contributed by atoms with Gasteiger partial charge in [-0.15, -0.1) is 11.3 Å². The Hall–Kier alpha value is -0.660. The molecule has 0 aliphatic carbocycles. The lowest BCUT2D eigenvalue weighted by molar-refractivity contribution is -0.150. The van der Waals surface area contributed by atoms with Crippen LogP contribution in [-0.2, 0) is 0 Å². The highest BCUT2D eigenvalue weighted by Crippen LogP contribution is 2.42. The number of hydrogen-bond acceptors (Lipinski definition) is 2. The van der Waals surface area contributed by atoms with E-state index in [0.29, 0.717) is 5.39 Å². The molecule has 0 spiro atoms. The predicted octanol–water partition coefficient (Wildman–Crippen LogP) is 4.82. The standard InChI is InChI=1S/C12H10BrF4NS/c1-18-10(12(16,17)11(14)15)7-5-19-9-6(7)3-2-4-8(9)13/h2-5,10-11,18H,1H3. The Morgan fingerprint density at radius 3 is 2.58 bits per heavy atom. The van der Waals surface area contributed by atoms with E-state index >= 15 is 0 Å². The lowest BCUT2D eigenvalue weighted by atomic mass is 10.00. The summed E-state index contributed by atoms with van der Waals surface area (Å²) in [7, 11) is 1.25. The Balaban J connectivity index is 2.56. The first-order valence-electron chi connectivity index (χ1n) is 5.38. The van der Waals surface area contributed by atoms with E-state index in [4.69, 9.17) is 0 Å². The molecule has 2 rings (SSSR count). The Labute approximate surface area is 119 Å². The van der Waals surface area contributed by atoms with Crippen molar-refractivity contribution in [1.29, 1.82) is 0 Å². The normalized spacial score (nSPS) is 14.3. The molecule has 1 atom stereocenters. The number of fused-ring (bicyclic) bond motifs is 1. The molecule has 0 saturated carbocycles. The molecule has 0 bridgehead atoms. The van der Waals surface area contributed by atoms with Gasteiger partial charge in [0.25, 0.3) is 0 Å². The highest BCUT2D eigenvalue weighted by atomic mass is 79.9. The molecule has 1 heterocycles. The molecule has 0 fully saturated rings. The number of rotatable bonds is 4. The molecular weight excluding hydrogens is 346 g/mol. The van der Waals surface area contributed by atoms with Gasteiger partial charge in [-0.25, -0.2) is 8.78 Å². The summed E-state index contributed by atoms with van der Waals surface area (Å²) < 4.78 is 53.7. The number of benzene rings is 1. The molecule has 0 saturated heterocycles. The summed E-state index contributed by atoms with van der Waals surface area (Å²) in [6.45, 7) is 0. The van der Waals surface area contributed by atoms with Crippen LogP contribution in [0.1, 0.15) is 11.6 Å². The Morgan fingerprint density at radius 2 is 2.00 bits per heavy atom. The highest BCUT2D eigenvalue weighted by Gasteiger charge is 2.49. The number of nitrogens with one attached hydrogen (secondary N) is 1. The number of halogens is 5. The van der Waals surface area contributed by atoms with Gasteiger partial charge in [0.15, 0.2) is 0 Å². The number of hydrogen-bond donors (Lipinski definition) is 1. The number of alkyl halides is 4. The average Bonchev–Trinajstić information content (AvgIpc) is 2.75. The average molecular weight is 356 g/mol. The summed E-state index contributed by atoms with van der Waals surface area (Å²) >= 11 is 4.56. The molecule has 2 aromatic rings. The Kier molecular flexibility index (Phi) is 4.17. The van der Waals surface area contributed by atoms with E-state index in [-0.39, 0.29) is 5.56 Å². The van der Waals surface area contributed by atoms with Crippen molar-refractivity contribution in [2.24, 2.45) is 0 Å². The second-order valence-corrected chi connectivity index (χ2v) is 5.74. The van der Waals surface area contributed by atoms with Crippen LogP contribution < -0.4 is 5.32 Å². The van der Waals surface area contributed by atoms with Gasteiger partial charge in [-0.1, -0.05) is 12.1 Å². The van der Waals surface area contributed by atoms with Gasteiger partial charge in [0.2, 0.25) is 0 Å². The van der Waals surface area contributed by atoms with Crippen LogP contribution in [0.4, 0.5) is 17.6 Å². The first-order valence-corrected chi connectivity index (χ1v) is 7.05. The maximum atomic E-state index is 13.6. The third-order valence-corrected chi connectivity index (χ3v) is 4.83. The minimum atomic E-state index is -4.12. The van der Waals surface area contributed by atoms with Crippen molar-refractivity contribution in [3.05, 3.63) is 33.6 Å². The first kappa shape index (κ1) is 14.7. The predicted molar refractivity (Wildman–Crippen MR) is 72.3 cm³/mol. The monoisotopic (exact) mass is 355 g/mol. The largest absolute Gasteiger partial charge is 0.326 e. The summed E-state index contributed by atoms with van der Waals surface area (Å²) in [5, 5.41) is 4.35. The van der Waals surface area contributed by atoms with E-state index in [9.17, 15) is 17.6 Å². The van der Waals surface area contributed by atoms with Crippen molar-refractivity contribution in [3.63, 3.8) is 0 Å². The molecule has 1 aromatic heterocycles. The van der Waals surface area contributed by atoms with Crippen molar-refractivity contribution in [2.75, 3.05) is 7.05 Å². The molecule has 7 heteroatoms. The topological polar surface area (TPSA) is 12.0 Å². The van der Waals surface area contributed by atoms with Crippen LogP contribution in [0.3, 0.4) is 0 Å². The van der Waals surface area contributed by atoms with Crippen LogP contribution in [0.5, 0.6) is 0 Å². The van der Waals surface area contributed by atoms with Gasteiger partial charge in [0.1, 0.15) is 6.04 Å². The van der Waals surface area contributed by atoms with Crippen LogP contribution in [0.2, 0.25) is 0 Å². The van der Waals surface area contributed by atoms with E-state index in [0.717, 1.165) is 9.17 Å². The smallest absolute Gasteiger partial charge is 0.308 e. The third kappa shape index (κ3) is 2.51. The first-order chi connectivity index (χ1) is 8.89. The van der Waals surface area contributed by atoms with Crippen molar-refractivity contribution in [3.8, 4) is 0 Å². The second-order valence-electron chi connectivity index (χ2n) is 4.00. The van der Waals surface area contributed by atoms with Crippen molar-refractivity contribution < 1.29 is 17.6 Å². The molecule has 0 radical (unpaired) electrons. The molecule has 19 heavy (non-hydrogen) atoms. The van der Waals surface area contributed by atoms with E-state index in [1.807, 2.05) is 0 Å². The van der Waals surface area contributed by atoms with Crippen molar-refractivity contribution >= 4 is 37.4 Å². The van der Waals surface area contributed by atoms with Crippen LogP contribution in [0.15, 0.2) is 28.1 Å². The summed E-state index contributed by atoms with van der Waals surface area (Å²) in [5.74, 6) is -4.12. The molecule has 0 aliphatic heterocycles. The van der Waals surface area contributed by atoms with Crippen LogP contribution in [0, 0.1) is 0 Å². The summed E-state index contributed by atoms with van der Waals surface area (Å²) in [4.78, 5) is 0. The van der Waals surface area contributed by atoms with E-state index in [1.165, 1.54) is 23.8 Å². The van der Waals surface area contributed by atoms with Crippen molar-refractivity contribution in [2.45, 2.75) is 18.4 Å². The fraction of sp³-hybridized carbons (Fsp3) is 0.333. The second kappa shape index (κ2) is 5.38. The van der Waals surface area contributed by atoms with Gasteiger partial charge in [0, 0.05) is 9.17 Å². The molecular formula is C12H10BrF4NS. The van der Waals surface area contributed by atoms with Crippen molar-refractivity contribution in [1.82, 2.24) is 5.32 Å². The van der Waals surface area contributed by atoms with Crippen LogP contribution in [0.25, 0.3) is 10.1 Å². The quantitative estimate of drug-likeness (QED) is 0.775. The fourth-order valence-electron chi connectivity index (χ4n) is 1.95. The minimum absolute atomic E-state index is 0.189. The van der Waals surface area contributed by atoms with Crippen LogP contribution in [-0.4, -0.2) is 19.4 Å². The molecule has 104 valence electrons. The van der Waals surface area contributed by atoms with Gasteiger partial charge in [0.05, 0.1) is 0 Å². The summed E-state index contributed by atoms with van der Waals surface area (Å²) in [6, 6.07) is 3.41. The summed E-state index contributed by atoms with van der Waals surface area (Å²) in [5.41, 5.74) is 0.189. The van der Waals surface area contributed by atoms with Gasteiger partial charge in [-0.2, -0.15) is 8.78 Å². The van der Waals surface area contributed by atoms with Gasteiger partial charge in [-0.3, -0.25) is 0 Å². The SMILES string of the molecule is CNC(c1csc2c(Br)cccc12)C(F)(F)C(F)F. The molecule has 1 unspecified atom stereocenters. The Morgan fingerprint density at radius 1 is 1.32 bits per heavy atom.